The van der Waals surface area contributed by atoms with Gasteiger partial charge < -0.3 is 28.4 Å². The van der Waals surface area contributed by atoms with E-state index in [-0.39, 0.29) is 6.61 Å². The van der Waals surface area contributed by atoms with Crippen molar-refractivity contribution in [2.75, 3.05) is 13.2 Å². The van der Waals surface area contributed by atoms with Gasteiger partial charge in [0.1, 0.15) is 24.4 Å². The molecule has 1 aliphatic heterocycles. The number of benzene rings is 4. The normalized spacial score (nSPS) is 20.8. The second-order valence-electron chi connectivity index (χ2n) is 13.2. The summed E-state index contributed by atoms with van der Waals surface area (Å²) in [6, 6.07) is 40.9. The monoisotopic (exact) mass is 680 g/mol. The number of ether oxygens (including phenoxy) is 6. The molecule has 0 amide bonds. The van der Waals surface area contributed by atoms with Gasteiger partial charge in [-0.15, -0.1) is 0 Å². The maximum absolute atomic E-state index is 6.87. The first kappa shape index (κ1) is 37.9. The predicted molar refractivity (Wildman–Crippen MR) is 198 cm³/mol. The van der Waals surface area contributed by atoms with Crippen molar-refractivity contribution in [1.29, 1.82) is 0 Å². The highest BCUT2D eigenvalue weighted by atomic mass is 16.7. The summed E-state index contributed by atoms with van der Waals surface area (Å²) in [7, 11) is 0. The minimum Gasteiger partial charge on any atom is -0.368 e. The van der Waals surface area contributed by atoms with Gasteiger partial charge in [0.2, 0.25) is 0 Å². The van der Waals surface area contributed by atoms with E-state index in [2.05, 4.69) is 55.5 Å². The molecule has 0 aliphatic carbocycles. The molecule has 0 aromatic heterocycles. The highest BCUT2D eigenvalue weighted by Crippen LogP contribution is 2.30. The summed E-state index contributed by atoms with van der Waals surface area (Å²) >= 11 is 0. The maximum atomic E-state index is 6.87. The van der Waals surface area contributed by atoms with Crippen LogP contribution in [0.15, 0.2) is 121 Å². The molecule has 0 radical (unpaired) electrons. The molecule has 1 aliphatic rings. The zero-order valence-corrected chi connectivity index (χ0v) is 29.8. The van der Waals surface area contributed by atoms with Crippen molar-refractivity contribution in [3.05, 3.63) is 144 Å². The third-order valence-electron chi connectivity index (χ3n) is 9.15. The Morgan fingerprint density at radius 3 is 1.32 bits per heavy atom. The predicted octanol–water partition coefficient (Wildman–Crippen LogP) is 9.84. The van der Waals surface area contributed by atoms with Crippen LogP contribution in [0.1, 0.15) is 80.5 Å². The lowest BCUT2D eigenvalue weighted by Gasteiger charge is -2.36. The van der Waals surface area contributed by atoms with Gasteiger partial charge in [-0.05, 0) is 28.7 Å². The summed E-state index contributed by atoms with van der Waals surface area (Å²) in [5.74, 6) is 0. The molecule has 6 nitrogen and oxygen atoms in total. The Morgan fingerprint density at radius 2 is 0.840 bits per heavy atom. The van der Waals surface area contributed by atoms with Crippen LogP contribution in [-0.4, -0.2) is 43.9 Å². The van der Waals surface area contributed by atoms with E-state index in [1.54, 1.807) is 0 Å². The van der Waals surface area contributed by atoms with Gasteiger partial charge in [0.25, 0.3) is 0 Å². The van der Waals surface area contributed by atoms with E-state index in [0.717, 1.165) is 35.1 Å². The maximum Gasteiger partial charge on any atom is 0.186 e. The first-order valence-electron chi connectivity index (χ1n) is 18.7. The Bertz CT molecular complexity index is 1400. The molecule has 1 heterocycles. The highest BCUT2D eigenvalue weighted by molar-refractivity contribution is 5.16. The van der Waals surface area contributed by atoms with Gasteiger partial charge in [-0.1, -0.05) is 173 Å². The van der Waals surface area contributed by atoms with E-state index < -0.39 is 30.7 Å². The lowest BCUT2D eigenvalue weighted by Crippen LogP contribution is -2.51. The summed E-state index contributed by atoms with van der Waals surface area (Å²) in [4.78, 5) is 0. The zero-order valence-electron chi connectivity index (χ0n) is 29.8. The molecule has 5 rings (SSSR count). The Hall–Kier alpha value is -3.36. The van der Waals surface area contributed by atoms with Gasteiger partial charge in [0, 0.05) is 6.61 Å². The van der Waals surface area contributed by atoms with Gasteiger partial charge in [0.15, 0.2) is 6.29 Å². The smallest absolute Gasteiger partial charge is 0.186 e. The standard InChI is InChI=1S/C44H56O6/c1-2-3-4-5-6-7-8-21-30-45-44-43(49-34-39-28-19-12-20-29-39)42(48-33-38-26-17-11-18-27-38)41(47-32-37-24-15-10-16-25-37)40(35-50-44)46-31-36-22-13-9-14-23-36/h9-20,22-29,40-44H,2-8,21,30-35H2,1H3/t40-,41+,42-,43+,44+/m1/s1. The quantitative estimate of drug-likeness (QED) is 0.0771. The van der Waals surface area contributed by atoms with Crippen LogP contribution < -0.4 is 0 Å². The van der Waals surface area contributed by atoms with Crippen molar-refractivity contribution in [1.82, 2.24) is 0 Å². The van der Waals surface area contributed by atoms with Crippen LogP contribution in [0.5, 0.6) is 0 Å². The van der Waals surface area contributed by atoms with Crippen LogP contribution in [0.3, 0.4) is 0 Å². The van der Waals surface area contributed by atoms with Crippen molar-refractivity contribution in [2.45, 2.75) is 115 Å². The van der Waals surface area contributed by atoms with Crippen molar-refractivity contribution < 1.29 is 28.4 Å². The minimum atomic E-state index is -0.655. The van der Waals surface area contributed by atoms with Crippen LogP contribution in [0, 0.1) is 0 Å². The average Bonchev–Trinajstić information content (AvgIpc) is 3.31. The molecule has 4 aromatic carbocycles. The van der Waals surface area contributed by atoms with Crippen LogP contribution in [0.4, 0.5) is 0 Å². The van der Waals surface area contributed by atoms with Gasteiger partial charge in [-0.3, -0.25) is 0 Å². The van der Waals surface area contributed by atoms with E-state index in [1.807, 2.05) is 72.8 Å². The molecule has 4 aromatic rings. The third kappa shape index (κ3) is 13.1. The fourth-order valence-corrected chi connectivity index (χ4v) is 6.30. The van der Waals surface area contributed by atoms with Crippen LogP contribution >= 0.6 is 0 Å². The van der Waals surface area contributed by atoms with Crippen LogP contribution in [0.25, 0.3) is 0 Å². The molecule has 50 heavy (non-hydrogen) atoms. The van der Waals surface area contributed by atoms with Gasteiger partial charge in [-0.25, -0.2) is 0 Å². The fraction of sp³-hybridized carbons (Fsp3) is 0.455. The van der Waals surface area contributed by atoms with Gasteiger partial charge >= 0.3 is 0 Å². The number of hydrogen-bond donors (Lipinski definition) is 0. The molecule has 0 saturated carbocycles. The number of rotatable bonds is 22. The van der Waals surface area contributed by atoms with Gasteiger partial charge in [-0.2, -0.15) is 0 Å². The molecule has 1 fully saturated rings. The van der Waals surface area contributed by atoms with Gasteiger partial charge in [0.05, 0.1) is 33.0 Å². The van der Waals surface area contributed by atoms with Crippen molar-refractivity contribution in [3.63, 3.8) is 0 Å². The SMILES string of the molecule is CCCCCCCCCCO[C@H]1OC[C@@H](OCc2ccccc2)[C@H](OCc2ccccc2)[C@@H](OCc2ccccc2)[C@@H]1OCc1ccccc1. The first-order valence-corrected chi connectivity index (χ1v) is 18.7. The summed E-state index contributed by atoms with van der Waals surface area (Å²) in [6.45, 7) is 4.72. The van der Waals surface area contributed by atoms with Crippen molar-refractivity contribution in [2.24, 2.45) is 0 Å². The second kappa shape index (κ2) is 22.5. The molecule has 0 bridgehead atoms. The second-order valence-corrected chi connectivity index (χ2v) is 13.2. The Morgan fingerprint density at radius 1 is 0.440 bits per heavy atom. The largest absolute Gasteiger partial charge is 0.368 e. The first-order chi connectivity index (χ1) is 24.8. The van der Waals surface area contributed by atoms with E-state index in [1.165, 1.54) is 38.5 Å². The van der Waals surface area contributed by atoms with Crippen LogP contribution in [-0.2, 0) is 54.8 Å². The Labute approximate surface area is 300 Å². The van der Waals surface area contributed by atoms with E-state index in [4.69, 9.17) is 28.4 Å². The van der Waals surface area contributed by atoms with E-state index in [9.17, 15) is 0 Å². The Balaban J connectivity index is 1.38. The molecular formula is C44H56O6. The molecule has 1 saturated heterocycles. The molecule has 0 spiro atoms. The molecule has 5 atom stereocenters. The zero-order chi connectivity index (χ0) is 34.5. The molecule has 0 N–H and O–H groups in total. The van der Waals surface area contributed by atoms with E-state index in [0.29, 0.717) is 33.0 Å². The van der Waals surface area contributed by atoms with Crippen LogP contribution in [0.2, 0.25) is 0 Å². The topological polar surface area (TPSA) is 55.4 Å². The summed E-state index contributed by atoms with van der Waals surface area (Å²) < 4.78 is 40.3. The third-order valence-corrected chi connectivity index (χ3v) is 9.15. The minimum absolute atomic E-state index is 0.283. The lowest BCUT2D eigenvalue weighted by molar-refractivity contribution is -0.238. The van der Waals surface area contributed by atoms with Crippen molar-refractivity contribution in [3.8, 4) is 0 Å². The molecule has 268 valence electrons. The average molecular weight is 681 g/mol. The number of hydrogen-bond acceptors (Lipinski definition) is 6. The molecule has 0 unspecified atom stereocenters. The summed E-state index contributed by atoms with van der Waals surface area (Å²) in [6.07, 6.45) is 7.13. The van der Waals surface area contributed by atoms with Crippen molar-refractivity contribution >= 4 is 0 Å². The van der Waals surface area contributed by atoms with E-state index >= 15 is 0 Å². The highest BCUT2D eigenvalue weighted by Gasteiger charge is 2.46. The number of unbranched alkanes of at least 4 members (excludes halogenated alkanes) is 7. The fourth-order valence-electron chi connectivity index (χ4n) is 6.30. The summed E-state index contributed by atoms with van der Waals surface area (Å²) in [5, 5.41) is 0. The Kier molecular flexibility index (Phi) is 17.0. The molecular weight excluding hydrogens is 624 g/mol. The summed E-state index contributed by atoms with van der Waals surface area (Å²) in [5.41, 5.74) is 4.30. The lowest BCUT2D eigenvalue weighted by atomic mass is 10.0. The molecule has 6 heteroatoms.